The molecule has 0 aromatic heterocycles. The Kier molecular flexibility index (Phi) is 10.8. The van der Waals surface area contributed by atoms with E-state index in [0.717, 1.165) is 6.42 Å². The number of hydrogen-bond donors (Lipinski definition) is 0. The van der Waals surface area contributed by atoms with Gasteiger partial charge in [-0.2, -0.15) is 0 Å². The number of rotatable bonds is 9. The van der Waals surface area contributed by atoms with E-state index in [4.69, 9.17) is 15.8 Å². The van der Waals surface area contributed by atoms with Crippen LogP contribution in [0.15, 0.2) is 0 Å². The lowest BCUT2D eigenvalue weighted by Crippen LogP contribution is -2.04. The van der Waals surface area contributed by atoms with E-state index in [0.29, 0.717) is 18.2 Å². The minimum Gasteiger partial charge on any atom is -0.291 e. The minimum absolute atomic E-state index is 0.405. The third-order valence-corrected chi connectivity index (χ3v) is 3.09. The van der Waals surface area contributed by atoms with Crippen LogP contribution in [0.1, 0.15) is 39.0 Å². The summed E-state index contributed by atoms with van der Waals surface area (Å²) < 4.78 is 16.0. The van der Waals surface area contributed by atoms with Gasteiger partial charge in [0.2, 0.25) is 0 Å². The lowest BCUT2D eigenvalue weighted by molar-refractivity contribution is 0.333. The highest BCUT2D eigenvalue weighted by atomic mass is 35.5. The molecule has 13 heavy (non-hydrogen) atoms. The maximum absolute atomic E-state index is 10.9. The molecule has 0 saturated heterocycles. The molecule has 0 saturated carbocycles. The van der Waals surface area contributed by atoms with Crippen molar-refractivity contribution in [3.05, 3.63) is 0 Å². The van der Waals surface area contributed by atoms with Crippen molar-refractivity contribution in [1.29, 1.82) is 0 Å². The van der Waals surface area contributed by atoms with Gasteiger partial charge >= 0.3 is 0 Å². The zero-order valence-corrected chi connectivity index (χ0v) is 9.83. The van der Waals surface area contributed by atoms with Gasteiger partial charge in [0.1, 0.15) is 0 Å². The second-order valence-electron chi connectivity index (χ2n) is 2.93. The van der Waals surface area contributed by atoms with Crippen LogP contribution in [0.25, 0.3) is 0 Å². The zero-order chi connectivity index (χ0) is 9.94. The fourth-order valence-corrected chi connectivity index (χ4v) is 1.90. The van der Waals surface area contributed by atoms with E-state index in [1.165, 1.54) is 25.7 Å². The number of unbranched alkanes of at least 4 members (excludes halogenated alkanes) is 4. The smallest absolute Gasteiger partial charge is 0.156 e. The van der Waals surface area contributed by atoms with Crippen molar-refractivity contribution >= 4 is 22.7 Å². The summed E-state index contributed by atoms with van der Waals surface area (Å²) >= 11 is 4.25. The molecule has 0 heterocycles. The van der Waals surface area contributed by atoms with Crippen molar-refractivity contribution in [2.75, 3.05) is 18.2 Å². The van der Waals surface area contributed by atoms with Crippen LogP contribution in [0.5, 0.6) is 0 Å². The van der Waals surface area contributed by atoms with Crippen LogP contribution in [-0.2, 0) is 15.3 Å². The van der Waals surface area contributed by atoms with Gasteiger partial charge in [-0.3, -0.25) is 4.18 Å². The number of hydrogen-bond acceptors (Lipinski definition) is 2. The van der Waals surface area contributed by atoms with E-state index in [2.05, 4.69) is 6.92 Å². The van der Waals surface area contributed by atoms with Crippen LogP contribution < -0.4 is 0 Å². The summed E-state index contributed by atoms with van der Waals surface area (Å²) in [6.45, 7) is 2.79. The SMILES string of the molecule is CCCCCCCOS(=O)CCCl. The predicted molar refractivity (Wildman–Crippen MR) is 58.4 cm³/mol. The van der Waals surface area contributed by atoms with Gasteiger partial charge in [0, 0.05) is 5.88 Å². The van der Waals surface area contributed by atoms with Gasteiger partial charge in [0.05, 0.1) is 12.4 Å². The highest BCUT2D eigenvalue weighted by Gasteiger charge is 1.97. The van der Waals surface area contributed by atoms with Gasteiger partial charge in [-0.1, -0.05) is 32.6 Å². The van der Waals surface area contributed by atoms with Crippen molar-refractivity contribution in [2.45, 2.75) is 39.0 Å². The molecule has 2 nitrogen and oxygen atoms in total. The first kappa shape index (κ1) is 13.4. The molecule has 1 atom stereocenters. The van der Waals surface area contributed by atoms with Gasteiger partial charge in [-0.05, 0) is 6.42 Å². The Morgan fingerprint density at radius 1 is 1.23 bits per heavy atom. The first-order valence-electron chi connectivity index (χ1n) is 4.89. The molecule has 1 unspecified atom stereocenters. The summed E-state index contributed by atoms with van der Waals surface area (Å²) in [7, 11) is 0. The van der Waals surface area contributed by atoms with Crippen LogP contribution in [0.4, 0.5) is 0 Å². The molecule has 4 heteroatoms. The monoisotopic (exact) mass is 226 g/mol. The van der Waals surface area contributed by atoms with Gasteiger partial charge in [-0.15, -0.1) is 11.6 Å². The Hall–Kier alpha value is 0.400. The van der Waals surface area contributed by atoms with Crippen LogP contribution in [0, 0.1) is 0 Å². The van der Waals surface area contributed by atoms with Gasteiger partial charge in [0.25, 0.3) is 0 Å². The summed E-state index contributed by atoms with van der Waals surface area (Å²) in [5, 5.41) is 0. The molecule has 0 amide bonds. The molecule has 0 rings (SSSR count). The Balaban J connectivity index is 3.02. The highest BCUT2D eigenvalue weighted by molar-refractivity contribution is 7.80. The number of alkyl halides is 1. The molecule has 0 bridgehead atoms. The summed E-state index contributed by atoms with van der Waals surface area (Å²) in [5.74, 6) is 0.846. The standard InChI is InChI=1S/C9H19ClO2S/c1-2-3-4-5-6-8-12-13(11)9-7-10/h2-9H2,1H3. The molecule has 0 radical (unpaired) electrons. The Bertz CT molecular complexity index is 131. The van der Waals surface area contributed by atoms with E-state index in [1.807, 2.05) is 0 Å². The van der Waals surface area contributed by atoms with E-state index in [1.54, 1.807) is 0 Å². The van der Waals surface area contributed by atoms with Crippen molar-refractivity contribution < 1.29 is 8.39 Å². The molecule has 0 aliphatic carbocycles. The lowest BCUT2D eigenvalue weighted by Gasteiger charge is -2.01. The molecule has 0 N–H and O–H groups in total. The summed E-state index contributed by atoms with van der Waals surface area (Å²) in [5.41, 5.74) is 0. The van der Waals surface area contributed by atoms with Crippen LogP contribution in [-0.4, -0.2) is 22.4 Å². The van der Waals surface area contributed by atoms with Crippen LogP contribution in [0.2, 0.25) is 0 Å². The molecule has 0 aromatic carbocycles. The first-order chi connectivity index (χ1) is 6.31. The van der Waals surface area contributed by atoms with Crippen LogP contribution >= 0.6 is 11.6 Å². The van der Waals surface area contributed by atoms with E-state index >= 15 is 0 Å². The second kappa shape index (κ2) is 10.5. The Morgan fingerprint density at radius 3 is 2.54 bits per heavy atom. The predicted octanol–water partition coefficient (Wildman–Crippen LogP) is 2.88. The average molecular weight is 227 g/mol. The molecule has 0 aromatic rings. The van der Waals surface area contributed by atoms with Crippen LogP contribution in [0.3, 0.4) is 0 Å². The summed E-state index contributed by atoms with van der Waals surface area (Å²) in [6.07, 6.45) is 5.96. The Morgan fingerprint density at radius 2 is 1.92 bits per heavy atom. The van der Waals surface area contributed by atoms with E-state index < -0.39 is 11.1 Å². The van der Waals surface area contributed by atoms with Crippen molar-refractivity contribution in [3.8, 4) is 0 Å². The molecule has 0 fully saturated rings. The molecule has 0 spiro atoms. The van der Waals surface area contributed by atoms with E-state index in [-0.39, 0.29) is 0 Å². The van der Waals surface area contributed by atoms with Crippen molar-refractivity contribution in [2.24, 2.45) is 0 Å². The molecular formula is C9H19ClO2S. The maximum atomic E-state index is 10.9. The van der Waals surface area contributed by atoms with Gasteiger partial charge < -0.3 is 0 Å². The zero-order valence-electron chi connectivity index (χ0n) is 8.26. The third kappa shape index (κ3) is 10.3. The Labute approximate surface area is 88.7 Å². The van der Waals surface area contributed by atoms with Gasteiger partial charge in [0.15, 0.2) is 11.1 Å². The molecular weight excluding hydrogens is 208 g/mol. The number of halogens is 1. The maximum Gasteiger partial charge on any atom is 0.156 e. The third-order valence-electron chi connectivity index (χ3n) is 1.71. The van der Waals surface area contributed by atoms with Gasteiger partial charge in [-0.25, -0.2) is 4.21 Å². The second-order valence-corrected chi connectivity index (χ2v) is 4.56. The summed E-state index contributed by atoms with van der Waals surface area (Å²) in [6, 6.07) is 0. The molecule has 0 aliphatic rings. The summed E-state index contributed by atoms with van der Waals surface area (Å²) in [4.78, 5) is 0. The lowest BCUT2D eigenvalue weighted by atomic mass is 10.2. The normalized spacial score (nSPS) is 13.1. The van der Waals surface area contributed by atoms with Crippen molar-refractivity contribution in [3.63, 3.8) is 0 Å². The fourth-order valence-electron chi connectivity index (χ4n) is 0.979. The largest absolute Gasteiger partial charge is 0.291 e. The molecule has 80 valence electrons. The quantitative estimate of drug-likeness (QED) is 0.447. The average Bonchev–Trinajstić information content (AvgIpc) is 2.11. The highest BCUT2D eigenvalue weighted by Crippen LogP contribution is 2.02. The fraction of sp³-hybridized carbons (Fsp3) is 1.00. The van der Waals surface area contributed by atoms with Crippen molar-refractivity contribution in [1.82, 2.24) is 0 Å². The first-order valence-corrected chi connectivity index (χ1v) is 6.66. The molecule has 0 aliphatic heterocycles. The minimum atomic E-state index is -1.16. The topological polar surface area (TPSA) is 26.3 Å². The van der Waals surface area contributed by atoms with E-state index in [9.17, 15) is 4.21 Å².